The number of phosphoric acid groups is 1. The van der Waals surface area contributed by atoms with Gasteiger partial charge in [-0.15, -0.1) is 0 Å². The molecule has 0 bridgehead atoms. The normalized spacial score (nSPS) is 18.7. The summed E-state index contributed by atoms with van der Waals surface area (Å²) in [4.78, 5) is 17.6. The zero-order valence-corrected chi connectivity index (χ0v) is 8.62. The quantitative estimate of drug-likeness (QED) is 0.655. The van der Waals surface area contributed by atoms with Gasteiger partial charge in [-0.3, -0.25) is 4.52 Å². The molecule has 0 amide bonds. The van der Waals surface area contributed by atoms with Crippen molar-refractivity contribution in [1.82, 2.24) is 0 Å². The first-order valence-electron chi connectivity index (χ1n) is 3.30. The molecule has 0 aliphatic carbocycles. The molecule has 0 aliphatic rings. The van der Waals surface area contributed by atoms with Crippen LogP contribution >= 0.6 is 16.4 Å². The van der Waals surface area contributed by atoms with Gasteiger partial charge in [0.1, 0.15) is 0 Å². The van der Waals surface area contributed by atoms with Gasteiger partial charge in [-0.1, -0.05) is 0 Å². The van der Waals surface area contributed by atoms with Gasteiger partial charge in [-0.05, 0) is 13.8 Å². The molecular weight excluding hydrogens is 206 g/mol. The lowest BCUT2D eigenvalue weighted by Gasteiger charge is -2.13. The van der Waals surface area contributed by atoms with Crippen LogP contribution in [-0.2, 0) is 17.9 Å². The SMILES string of the molecule is CCOP(O)OP(=O)(O)OCC. The third-order valence-electron chi connectivity index (χ3n) is 0.705. The average molecular weight is 218 g/mol. The van der Waals surface area contributed by atoms with Crippen LogP contribution < -0.4 is 0 Å². The van der Waals surface area contributed by atoms with Gasteiger partial charge in [-0.25, -0.2) is 8.88 Å². The molecule has 0 aromatic rings. The van der Waals surface area contributed by atoms with Gasteiger partial charge in [0.15, 0.2) is 0 Å². The molecule has 0 saturated carbocycles. The number of hydrogen-bond acceptors (Lipinski definition) is 5. The second-order valence-corrected chi connectivity index (χ2v) is 4.21. The highest BCUT2D eigenvalue weighted by Crippen LogP contribution is 2.55. The van der Waals surface area contributed by atoms with Crippen molar-refractivity contribution in [1.29, 1.82) is 0 Å². The Morgan fingerprint density at radius 1 is 1.42 bits per heavy atom. The average Bonchev–Trinajstić information content (AvgIpc) is 1.85. The third-order valence-corrected chi connectivity index (χ3v) is 3.15. The number of phosphoric ester groups is 1. The van der Waals surface area contributed by atoms with Crippen LogP contribution in [0.5, 0.6) is 0 Å². The van der Waals surface area contributed by atoms with Crippen LogP contribution in [0.1, 0.15) is 13.8 Å². The van der Waals surface area contributed by atoms with Crippen LogP contribution in [0.3, 0.4) is 0 Å². The summed E-state index contributed by atoms with van der Waals surface area (Å²) in [6, 6.07) is 0. The summed E-state index contributed by atoms with van der Waals surface area (Å²) in [6.45, 7) is 3.39. The minimum atomic E-state index is -4.12. The first-order valence-corrected chi connectivity index (χ1v) is 5.93. The molecule has 0 aromatic heterocycles. The minimum Gasteiger partial charge on any atom is -0.328 e. The second-order valence-electron chi connectivity index (χ2n) is 1.62. The fourth-order valence-corrected chi connectivity index (χ4v) is 2.04. The number of hydrogen-bond donors (Lipinski definition) is 2. The lowest BCUT2D eigenvalue weighted by atomic mass is 10.9. The highest BCUT2D eigenvalue weighted by atomic mass is 31.3. The van der Waals surface area contributed by atoms with E-state index < -0.39 is 16.4 Å². The Labute approximate surface area is 72.1 Å². The van der Waals surface area contributed by atoms with Gasteiger partial charge < -0.3 is 14.3 Å². The van der Waals surface area contributed by atoms with Crippen LogP contribution in [0.4, 0.5) is 0 Å². The lowest BCUT2D eigenvalue weighted by molar-refractivity contribution is 0.190. The van der Waals surface area contributed by atoms with Crippen molar-refractivity contribution in [3.63, 3.8) is 0 Å². The van der Waals surface area contributed by atoms with Crippen molar-refractivity contribution < 1.29 is 27.7 Å². The van der Waals surface area contributed by atoms with E-state index >= 15 is 0 Å². The lowest BCUT2D eigenvalue weighted by Crippen LogP contribution is -1.93. The van der Waals surface area contributed by atoms with Crippen molar-refractivity contribution in [2.45, 2.75) is 13.8 Å². The Morgan fingerprint density at radius 3 is 2.42 bits per heavy atom. The molecule has 0 aliphatic heterocycles. The minimum absolute atomic E-state index is 0.0308. The van der Waals surface area contributed by atoms with E-state index in [2.05, 4.69) is 13.4 Å². The molecule has 0 spiro atoms. The molecule has 0 saturated heterocycles. The molecule has 8 heteroatoms. The number of rotatable bonds is 6. The summed E-state index contributed by atoms with van der Waals surface area (Å²) < 4.78 is 23.8. The highest BCUT2D eigenvalue weighted by molar-refractivity contribution is 7.58. The van der Waals surface area contributed by atoms with Crippen LogP contribution in [-0.4, -0.2) is 23.0 Å². The molecule has 0 fully saturated rings. The van der Waals surface area contributed by atoms with Crippen LogP contribution in [0.2, 0.25) is 0 Å². The summed E-state index contributed by atoms with van der Waals surface area (Å²) in [6.07, 6.45) is 0. The molecule has 2 unspecified atom stereocenters. The monoisotopic (exact) mass is 218 g/mol. The maximum Gasteiger partial charge on any atom is 0.479 e. The van der Waals surface area contributed by atoms with Crippen molar-refractivity contribution in [2.75, 3.05) is 13.2 Å². The topological polar surface area (TPSA) is 85.2 Å². The molecule has 6 nitrogen and oxygen atoms in total. The second kappa shape index (κ2) is 6.00. The predicted octanol–water partition coefficient (Wildman–Crippen LogP) is 1.40. The smallest absolute Gasteiger partial charge is 0.328 e. The summed E-state index contributed by atoms with van der Waals surface area (Å²) >= 11 is 0. The standard InChI is InChI=1S/C4H12O6P2/c1-3-8-11(5)10-12(6,7)9-4-2/h5H,3-4H2,1-2H3,(H,6,7). The van der Waals surface area contributed by atoms with Gasteiger partial charge in [0, 0.05) is 0 Å². The molecular formula is C4H12O6P2. The Balaban J connectivity index is 3.79. The molecule has 2 N–H and O–H groups in total. The molecule has 0 aromatic carbocycles. The van der Waals surface area contributed by atoms with Gasteiger partial charge in [0.05, 0.1) is 13.2 Å². The fourth-order valence-electron chi connectivity index (χ4n) is 0.409. The first-order chi connectivity index (χ1) is 5.52. The van der Waals surface area contributed by atoms with E-state index in [-0.39, 0.29) is 13.2 Å². The van der Waals surface area contributed by atoms with E-state index in [9.17, 15) is 4.57 Å². The van der Waals surface area contributed by atoms with Crippen molar-refractivity contribution >= 4 is 16.4 Å². The van der Waals surface area contributed by atoms with Crippen LogP contribution in [0, 0.1) is 0 Å². The molecule has 2 atom stereocenters. The van der Waals surface area contributed by atoms with E-state index in [1.54, 1.807) is 6.92 Å². The zero-order chi connectivity index (χ0) is 9.61. The summed E-state index contributed by atoms with van der Waals surface area (Å²) in [7, 11) is -6.44. The van der Waals surface area contributed by atoms with Gasteiger partial charge in [0.25, 0.3) is 0 Å². The largest absolute Gasteiger partial charge is 0.479 e. The molecule has 0 rings (SSSR count). The van der Waals surface area contributed by atoms with E-state index in [4.69, 9.17) is 9.79 Å². The predicted molar refractivity (Wildman–Crippen MR) is 43.3 cm³/mol. The van der Waals surface area contributed by atoms with Crippen molar-refractivity contribution in [3.8, 4) is 0 Å². The van der Waals surface area contributed by atoms with Crippen LogP contribution in [0.25, 0.3) is 0 Å². The Bertz CT molecular complexity index is 162. The summed E-state index contributed by atoms with van der Waals surface area (Å²) in [5.41, 5.74) is 0. The van der Waals surface area contributed by atoms with Crippen LogP contribution in [0.15, 0.2) is 0 Å². The first kappa shape index (κ1) is 12.5. The Hall–Kier alpha value is 0.460. The maximum absolute atomic E-state index is 10.8. The molecule has 0 heterocycles. The van der Waals surface area contributed by atoms with Crippen molar-refractivity contribution in [3.05, 3.63) is 0 Å². The fraction of sp³-hybridized carbons (Fsp3) is 1.00. The van der Waals surface area contributed by atoms with E-state index in [0.29, 0.717) is 0 Å². The van der Waals surface area contributed by atoms with E-state index in [1.807, 2.05) is 0 Å². The maximum atomic E-state index is 10.8. The molecule has 74 valence electrons. The highest BCUT2D eigenvalue weighted by Gasteiger charge is 2.26. The Kier molecular flexibility index (Phi) is 6.23. The van der Waals surface area contributed by atoms with Crippen molar-refractivity contribution in [2.24, 2.45) is 0 Å². The Morgan fingerprint density at radius 2 is 2.00 bits per heavy atom. The molecule has 12 heavy (non-hydrogen) atoms. The third kappa shape index (κ3) is 6.03. The summed E-state index contributed by atoms with van der Waals surface area (Å²) in [5.74, 6) is 0. The van der Waals surface area contributed by atoms with E-state index in [1.165, 1.54) is 6.92 Å². The van der Waals surface area contributed by atoms with Gasteiger partial charge in [0.2, 0.25) is 0 Å². The van der Waals surface area contributed by atoms with E-state index in [0.717, 1.165) is 0 Å². The molecule has 0 radical (unpaired) electrons. The zero-order valence-electron chi connectivity index (χ0n) is 6.84. The summed E-state index contributed by atoms with van der Waals surface area (Å²) in [5, 5.41) is 0. The van der Waals surface area contributed by atoms with Gasteiger partial charge >= 0.3 is 16.4 Å². The van der Waals surface area contributed by atoms with Gasteiger partial charge in [-0.2, -0.15) is 0 Å².